The van der Waals surface area contributed by atoms with Crippen molar-refractivity contribution >= 4 is 12.4 Å². The van der Waals surface area contributed by atoms with E-state index in [2.05, 4.69) is 12.2 Å². The lowest BCUT2D eigenvalue weighted by atomic mass is 9.93. The molecule has 0 saturated heterocycles. The summed E-state index contributed by atoms with van der Waals surface area (Å²) in [7, 11) is 0. The Hall–Kier alpha value is -1.31. The Morgan fingerprint density at radius 1 is 1.43 bits per heavy atom. The van der Waals surface area contributed by atoms with Gasteiger partial charge in [0.15, 0.2) is 0 Å². The van der Waals surface area contributed by atoms with E-state index in [1.807, 2.05) is 0 Å². The molecule has 0 N–H and O–H groups in total. The Labute approximate surface area is 82.6 Å². The van der Waals surface area contributed by atoms with Crippen molar-refractivity contribution in [2.45, 2.75) is 31.6 Å². The first-order chi connectivity index (χ1) is 6.90. The molecule has 72 valence electrons. The van der Waals surface area contributed by atoms with Gasteiger partial charge in [-0.05, 0) is 19.3 Å². The maximum absolute atomic E-state index is 10.9. The molecule has 1 aromatic rings. The van der Waals surface area contributed by atoms with Gasteiger partial charge in [0.1, 0.15) is 17.8 Å². The quantitative estimate of drug-likeness (QED) is 0.634. The third-order valence-electron chi connectivity index (χ3n) is 3.17. The van der Waals surface area contributed by atoms with Crippen LogP contribution in [0.3, 0.4) is 0 Å². The highest BCUT2D eigenvalue weighted by Gasteiger charge is 2.28. The van der Waals surface area contributed by atoms with E-state index in [1.54, 1.807) is 0 Å². The van der Waals surface area contributed by atoms with E-state index in [9.17, 15) is 4.79 Å². The highest BCUT2D eigenvalue weighted by molar-refractivity contribution is 5.71. The Balaban J connectivity index is 2.17. The summed E-state index contributed by atoms with van der Waals surface area (Å²) in [5.74, 6) is 1.99. The summed E-state index contributed by atoms with van der Waals surface area (Å²) in [5, 5.41) is 0. The van der Waals surface area contributed by atoms with E-state index in [4.69, 9.17) is 4.42 Å². The van der Waals surface area contributed by atoms with Gasteiger partial charge in [-0.15, -0.1) is 0 Å². The van der Waals surface area contributed by atoms with Gasteiger partial charge in [0, 0.05) is 17.5 Å². The number of hydrogen-bond acceptors (Lipinski definition) is 2. The first kappa shape index (κ1) is 8.04. The van der Waals surface area contributed by atoms with Crippen LogP contribution in [0.4, 0.5) is 0 Å². The van der Waals surface area contributed by atoms with Crippen LogP contribution in [0.25, 0.3) is 6.08 Å². The van der Waals surface area contributed by atoms with E-state index < -0.39 is 0 Å². The van der Waals surface area contributed by atoms with Crippen molar-refractivity contribution in [3.05, 3.63) is 28.7 Å². The Kier molecular flexibility index (Phi) is 1.63. The number of allylic oxidation sites excluding steroid dienone is 1. The van der Waals surface area contributed by atoms with Crippen LogP contribution < -0.4 is 0 Å². The zero-order valence-electron chi connectivity index (χ0n) is 7.95. The molecule has 2 heteroatoms. The van der Waals surface area contributed by atoms with Crippen LogP contribution in [0.5, 0.6) is 0 Å². The minimum atomic E-state index is -0.0411. The fourth-order valence-electron chi connectivity index (χ4n) is 2.46. The summed E-state index contributed by atoms with van der Waals surface area (Å²) in [6, 6.07) is 0. The van der Waals surface area contributed by atoms with Crippen molar-refractivity contribution in [1.82, 2.24) is 0 Å². The number of carbonyl (C=O) groups is 1. The Morgan fingerprint density at radius 2 is 2.36 bits per heavy atom. The molecule has 2 nitrogen and oxygen atoms in total. The molecule has 1 unspecified atom stereocenters. The van der Waals surface area contributed by atoms with Crippen LogP contribution in [0.15, 0.2) is 10.5 Å². The average Bonchev–Trinajstić information content (AvgIpc) is 2.76. The summed E-state index contributed by atoms with van der Waals surface area (Å²) in [4.78, 5) is 10.9. The fraction of sp³-hybridized carbons (Fsp3) is 0.417. The molecule has 0 amide bonds. The smallest absolute Gasteiger partial charge is 0.130 e. The van der Waals surface area contributed by atoms with Crippen molar-refractivity contribution in [1.29, 1.82) is 0 Å². The summed E-state index contributed by atoms with van der Waals surface area (Å²) in [6.07, 6.45) is 9.34. The predicted molar refractivity (Wildman–Crippen MR) is 53.2 cm³/mol. The number of hydrogen-bond donors (Lipinski definition) is 0. The van der Waals surface area contributed by atoms with Crippen molar-refractivity contribution < 1.29 is 9.21 Å². The van der Waals surface area contributed by atoms with Gasteiger partial charge in [0.2, 0.25) is 0 Å². The highest BCUT2D eigenvalue weighted by Crippen LogP contribution is 2.38. The summed E-state index contributed by atoms with van der Waals surface area (Å²) < 4.78 is 5.77. The summed E-state index contributed by atoms with van der Waals surface area (Å²) in [6.45, 7) is 0. The molecule has 2 aliphatic carbocycles. The molecule has 3 rings (SSSR count). The van der Waals surface area contributed by atoms with Gasteiger partial charge in [0.25, 0.3) is 0 Å². The summed E-state index contributed by atoms with van der Waals surface area (Å²) in [5.41, 5.74) is 2.55. The third-order valence-corrected chi connectivity index (χ3v) is 3.17. The lowest BCUT2D eigenvalue weighted by Gasteiger charge is -2.11. The van der Waals surface area contributed by atoms with Crippen LogP contribution in [0, 0.1) is 0 Å². The van der Waals surface area contributed by atoms with Crippen molar-refractivity contribution in [3.8, 4) is 0 Å². The van der Waals surface area contributed by atoms with Gasteiger partial charge in [-0.1, -0.05) is 12.2 Å². The van der Waals surface area contributed by atoms with Gasteiger partial charge in [-0.2, -0.15) is 0 Å². The molecule has 1 heterocycles. The van der Waals surface area contributed by atoms with Gasteiger partial charge >= 0.3 is 0 Å². The molecule has 0 aromatic carbocycles. The molecule has 0 bridgehead atoms. The van der Waals surface area contributed by atoms with Crippen LogP contribution in [-0.4, -0.2) is 6.29 Å². The van der Waals surface area contributed by atoms with E-state index in [0.29, 0.717) is 0 Å². The van der Waals surface area contributed by atoms with Gasteiger partial charge in [-0.25, -0.2) is 0 Å². The molecule has 0 aliphatic heterocycles. The minimum Gasteiger partial charge on any atom is -0.464 e. The van der Waals surface area contributed by atoms with Crippen molar-refractivity contribution in [3.63, 3.8) is 0 Å². The topological polar surface area (TPSA) is 30.2 Å². The lowest BCUT2D eigenvalue weighted by molar-refractivity contribution is -0.109. The molecule has 1 aromatic heterocycles. The van der Waals surface area contributed by atoms with Gasteiger partial charge in [0.05, 0.1) is 5.92 Å². The molecule has 0 fully saturated rings. The standard InChI is InChI=1S/C12H12O2/c13-7-8-3-1-5-10-9-4-2-6-11(9)14-12(8)10/h1,5,7-8H,2-4,6H2. The maximum atomic E-state index is 10.9. The highest BCUT2D eigenvalue weighted by atomic mass is 16.3. The molecular weight excluding hydrogens is 176 g/mol. The Bertz CT molecular complexity index is 412. The first-order valence-electron chi connectivity index (χ1n) is 5.16. The number of carbonyl (C=O) groups excluding carboxylic acids is 1. The SMILES string of the molecule is O=CC1CC=Cc2c1oc1c2CCC1. The molecule has 0 radical (unpaired) electrons. The van der Waals surface area contributed by atoms with Gasteiger partial charge < -0.3 is 9.21 Å². The molecule has 1 atom stereocenters. The molecular formula is C12H12O2. The lowest BCUT2D eigenvalue weighted by Crippen LogP contribution is -2.03. The van der Waals surface area contributed by atoms with E-state index in [0.717, 1.165) is 37.1 Å². The first-order valence-corrected chi connectivity index (χ1v) is 5.16. The van der Waals surface area contributed by atoms with Crippen LogP contribution >= 0.6 is 0 Å². The number of aryl methyl sites for hydroxylation is 1. The van der Waals surface area contributed by atoms with E-state index in [-0.39, 0.29) is 5.92 Å². The molecule has 14 heavy (non-hydrogen) atoms. The minimum absolute atomic E-state index is 0.0411. The molecule has 0 saturated carbocycles. The summed E-state index contributed by atoms with van der Waals surface area (Å²) >= 11 is 0. The number of fused-ring (bicyclic) bond motifs is 3. The number of aldehydes is 1. The largest absolute Gasteiger partial charge is 0.464 e. The van der Waals surface area contributed by atoms with Gasteiger partial charge in [-0.3, -0.25) is 0 Å². The second-order valence-electron chi connectivity index (χ2n) is 4.02. The van der Waals surface area contributed by atoms with Crippen molar-refractivity contribution in [2.24, 2.45) is 0 Å². The Morgan fingerprint density at radius 3 is 3.21 bits per heavy atom. The predicted octanol–water partition coefficient (Wildman–Crippen LogP) is 2.47. The van der Waals surface area contributed by atoms with Crippen molar-refractivity contribution in [2.75, 3.05) is 0 Å². The number of rotatable bonds is 1. The zero-order valence-corrected chi connectivity index (χ0v) is 7.95. The second kappa shape index (κ2) is 2.84. The fourth-order valence-corrected chi connectivity index (χ4v) is 2.46. The monoisotopic (exact) mass is 188 g/mol. The average molecular weight is 188 g/mol. The van der Waals surface area contributed by atoms with E-state index in [1.165, 1.54) is 17.5 Å². The normalized spacial score (nSPS) is 23.3. The molecule has 0 spiro atoms. The second-order valence-corrected chi connectivity index (χ2v) is 4.02. The van der Waals surface area contributed by atoms with Crippen LogP contribution in [-0.2, 0) is 17.6 Å². The van der Waals surface area contributed by atoms with Crippen LogP contribution in [0.1, 0.15) is 41.4 Å². The van der Waals surface area contributed by atoms with Crippen LogP contribution in [0.2, 0.25) is 0 Å². The third kappa shape index (κ3) is 0.939. The molecule has 2 aliphatic rings. The maximum Gasteiger partial charge on any atom is 0.130 e. The van der Waals surface area contributed by atoms with E-state index >= 15 is 0 Å². The zero-order chi connectivity index (χ0) is 9.54. The number of furan rings is 1.